The fraction of sp³-hybridized carbons (Fsp3) is 0.409. The van der Waals surface area contributed by atoms with Crippen molar-refractivity contribution in [3.63, 3.8) is 0 Å². The lowest BCUT2D eigenvalue weighted by Crippen LogP contribution is -2.19. The summed E-state index contributed by atoms with van der Waals surface area (Å²) >= 11 is 0. The van der Waals surface area contributed by atoms with Gasteiger partial charge in [0.2, 0.25) is 0 Å². The highest BCUT2D eigenvalue weighted by Crippen LogP contribution is 2.40. The van der Waals surface area contributed by atoms with Gasteiger partial charge in [-0.2, -0.15) is 0 Å². The normalized spacial score (nSPS) is 18.1. The molecular weight excluding hydrogens is 326 g/mol. The van der Waals surface area contributed by atoms with Crippen molar-refractivity contribution in [2.75, 3.05) is 19.0 Å². The lowest BCUT2D eigenvalue weighted by atomic mass is 9.92. The van der Waals surface area contributed by atoms with Gasteiger partial charge < -0.3 is 14.8 Å². The number of carbonyl (C=O) groups is 1. The summed E-state index contributed by atoms with van der Waals surface area (Å²) in [5.74, 6) is 0.817. The van der Waals surface area contributed by atoms with E-state index in [0.717, 1.165) is 36.3 Å². The van der Waals surface area contributed by atoms with E-state index in [1.807, 2.05) is 18.2 Å². The lowest BCUT2D eigenvalue weighted by molar-refractivity contribution is -0.141. The van der Waals surface area contributed by atoms with Crippen LogP contribution in [0, 0.1) is 0 Å². The smallest absolute Gasteiger partial charge is 0.306 e. The minimum absolute atomic E-state index is 0.124. The molecule has 0 saturated heterocycles. The largest absolute Gasteiger partial charge is 0.494 e. The summed E-state index contributed by atoms with van der Waals surface area (Å²) in [6, 6.07) is 16.9. The Morgan fingerprint density at radius 3 is 2.69 bits per heavy atom. The van der Waals surface area contributed by atoms with E-state index in [1.165, 1.54) is 12.7 Å². The minimum atomic E-state index is -0.177. The van der Waals surface area contributed by atoms with E-state index < -0.39 is 0 Å². The maximum Gasteiger partial charge on any atom is 0.306 e. The van der Waals surface area contributed by atoms with Crippen LogP contribution in [0.25, 0.3) is 0 Å². The van der Waals surface area contributed by atoms with Gasteiger partial charge in [-0.1, -0.05) is 30.3 Å². The molecule has 138 valence electrons. The number of aryl methyl sites for hydroxylation is 1. The molecule has 1 aliphatic rings. The average Bonchev–Trinajstić information content (AvgIpc) is 2.97. The Bertz CT molecular complexity index is 729. The number of hydrogen-bond donors (Lipinski definition) is 1. The molecule has 0 saturated carbocycles. The van der Waals surface area contributed by atoms with Crippen molar-refractivity contribution in [1.82, 2.24) is 0 Å². The van der Waals surface area contributed by atoms with Gasteiger partial charge in [0.1, 0.15) is 5.75 Å². The Balaban J connectivity index is 1.51. The van der Waals surface area contributed by atoms with Gasteiger partial charge in [-0.15, -0.1) is 0 Å². The Morgan fingerprint density at radius 2 is 1.92 bits per heavy atom. The lowest BCUT2D eigenvalue weighted by Gasteiger charge is -2.15. The van der Waals surface area contributed by atoms with E-state index in [2.05, 4.69) is 42.6 Å². The third-order valence-electron chi connectivity index (χ3n) is 4.99. The van der Waals surface area contributed by atoms with Crippen LogP contribution in [0.1, 0.15) is 43.2 Å². The first kappa shape index (κ1) is 18.3. The quantitative estimate of drug-likeness (QED) is 0.559. The number of ether oxygens (including phenoxy) is 2. The maximum absolute atomic E-state index is 11.7. The number of benzene rings is 2. The predicted molar refractivity (Wildman–Crippen MR) is 104 cm³/mol. The van der Waals surface area contributed by atoms with Gasteiger partial charge >= 0.3 is 5.97 Å². The molecule has 1 heterocycles. The van der Waals surface area contributed by atoms with Crippen molar-refractivity contribution >= 4 is 11.7 Å². The van der Waals surface area contributed by atoms with Crippen LogP contribution in [-0.4, -0.2) is 25.7 Å². The van der Waals surface area contributed by atoms with Gasteiger partial charge in [-0.3, -0.25) is 4.79 Å². The number of carbonyl (C=O) groups excluding carboxylic acids is 1. The number of fused-ring (bicyclic) bond motifs is 1. The van der Waals surface area contributed by atoms with E-state index in [-0.39, 0.29) is 17.9 Å². The molecule has 1 N–H and O–H groups in total. The van der Waals surface area contributed by atoms with Crippen LogP contribution >= 0.6 is 0 Å². The van der Waals surface area contributed by atoms with E-state index in [4.69, 9.17) is 9.47 Å². The molecule has 4 nitrogen and oxygen atoms in total. The molecule has 2 aromatic rings. The molecule has 3 rings (SSSR count). The molecule has 26 heavy (non-hydrogen) atoms. The van der Waals surface area contributed by atoms with Crippen molar-refractivity contribution < 1.29 is 14.3 Å². The Morgan fingerprint density at radius 1 is 1.12 bits per heavy atom. The van der Waals surface area contributed by atoms with Crippen LogP contribution in [-0.2, 0) is 16.0 Å². The zero-order valence-corrected chi connectivity index (χ0v) is 15.5. The van der Waals surface area contributed by atoms with Crippen molar-refractivity contribution in [3.8, 4) is 5.75 Å². The van der Waals surface area contributed by atoms with Gasteiger partial charge in [-0.05, 0) is 55.5 Å². The molecule has 2 aromatic carbocycles. The molecule has 2 unspecified atom stereocenters. The molecule has 0 radical (unpaired) electrons. The second-order valence-electron chi connectivity index (χ2n) is 6.86. The molecule has 2 atom stereocenters. The summed E-state index contributed by atoms with van der Waals surface area (Å²) in [6.07, 6.45) is 3.60. The summed E-state index contributed by atoms with van der Waals surface area (Å²) in [4.78, 5) is 11.7. The zero-order valence-electron chi connectivity index (χ0n) is 15.5. The highest BCUT2D eigenvalue weighted by molar-refractivity contribution is 5.73. The summed E-state index contributed by atoms with van der Waals surface area (Å²) in [6.45, 7) is 2.80. The number of hydrogen-bond acceptors (Lipinski definition) is 4. The molecular formula is C22H27NO3. The number of anilines is 1. The third kappa shape index (κ3) is 4.57. The van der Waals surface area contributed by atoms with E-state index in [1.54, 1.807) is 0 Å². The molecule has 4 heteroatoms. The van der Waals surface area contributed by atoms with E-state index >= 15 is 0 Å². The van der Waals surface area contributed by atoms with E-state index in [0.29, 0.717) is 13.0 Å². The van der Waals surface area contributed by atoms with Crippen molar-refractivity contribution in [3.05, 3.63) is 59.7 Å². The number of methoxy groups -OCH3 is 1. The summed E-state index contributed by atoms with van der Waals surface area (Å²) < 4.78 is 10.8. The predicted octanol–water partition coefficient (Wildman–Crippen LogP) is 4.55. The van der Waals surface area contributed by atoms with Crippen molar-refractivity contribution in [1.29, 1.82) is 0 Å². The standard InChI is InChI=1S/C22H27NO3/c1-16-19(15-22(24)25-2)20-14-18(11-12-21(20)23-16)26-13-7-6-10-17-8-4-3-5-9-17/h3-5,8-9,11-12,14,16,19,23H,6-7,10,13,15H2,1-2H3. The van der Waals surface area contributed by atoms with Gasteiger partial charge in [-0.25, -0.2) is 0 Å². The second kappa shape index (κ2) is 8.75. The van der Waals surface area contributed by atoms with Crippen LogP contribution in [0.15, 0.2) is 48.5 Å². The van der Waals surface area contributed by atoms with Crippen LogP contribution in [0.5, 0.6) is 5.75 Å². The number of nitrogens with one attached hydrogen (secondary N) is 1. The topological polar surface area (TPSA) is 47.6 Å². The second-order valence-corrected chi connectivity index (χ2v) is 6.86. The number of rotatable bonds is 8. The highest BCUT2D eigenvalue weighted by Gasteiger charge is 2.31. The number of esters is 1. The van der Waals surface area contributed by atoms with Crippen molar-refractivity contribution in [2.24, 2.45) is 0 Å². The zero-order chi connectivity index (χ0) is 18.4. The first-order chi connectivity index (χ1) is 12.7. The molecule has 0 amide bonds. The van der Waals surface area contributed by atoms with Crippen molar-refractivity contribution in [2.45, 2.75) is 44.6 Å². The van der Waals surface area contributed by atoms with Crippen LogP contribution in [0.3, 0.4) is 0 Å². The summed E-state index contributed by atoms with van der Waals surface area (Å²) in [5, 5.41) is 3.44. The fourth-order valence-corrected chi connectivity index (χ4v) is 3.50. The van der Waals surface area contributed by atoms with Crippen LogP contribution in [0.2, 0.25) is 0 Å². The molecule has 0 bridgehead atoms. The first-order valence-corrected chi connectivity index (χ1v) is 9.31. The van der Waals surface area contributed by atoms with Gasteiger partial charge in [0.25, 0.3) is 0 Å². The fourth-order valence-electron chi connectivity index (χ4n) is 3.50. The SMILES string of the molecule is COC(=O)CC1c2cc(OCCCCc3ccccc3)ccc2NC1C. The maximum atomic E-state index is 11.7. The summed E-state index contributed by atoms with van der Waals surface area (Å²) in [7, 11) is 1.44. The Kier molecular flexibility index (Phi) is 6.16. The van der Waals surface area contributed by atoms with E-state index in [9.17, 15) is 4.79 Å². The van der Waals surface area contributed by atoms with Gasteiger partial charge in [0.05, 0.1) is 20.1 Å². The first-order valence-electron chi connectivity index (χ1n) is 9.31. The highest BCUT2D eigenvalue weighted by atomic mass is 16.5. The molecule has 0 fully saturated rings. The summed E-state index contributed by atoms with van der Waals surface area (Å²) in [5.41, 5.74) is 3.60. The monoisotopic (exact) mass is 353 g/mol. The number of unbranched alkanes of at least 4 members (excludes halogenated alkanes) is 1. The molecule has 1 aliphatic heterocycles. The average molecular weight is 353 g/mol. The third-order valence-corrected chi connectivity index (χ3v) is 4.99. The molecule has 0 aliphatic carbocycles. The minimum Gasteiger partial charge on any atom is -0.494 e. The van der Waals surface area contributed by atoms with Gasteiger partial charge in [0, 0.05) is 17.6 Å². The van der Waals surface area contributed by atoms with Crippen LogP contribution < -0.4 is 10.1 Å². The molecule has 0 spiro atoms. The Labute approximate surface area is 155 Å². The Hall–Kier alpha value is -2.49. The van der Waals surface area contributed by atoms with Gasteiger partial charge in [0.15, 0.2) is 0 Å². The molecule has 0 aromatic heterocycles. The van der Waals surface area contributed by atoms with Crippen LogP contribution in [0.4, 0.5) is 5.69 Å².